The minimum Gasteiger partial charge on any atom is -0.388 e. The SMILES string of the molecule is N#Cc1ccccc1-c1ccccc1C(=O)NCC1(O)CCCC1. The number of hydrogen-bond donors (Lipinski definition) is 2. The molecule has 4 heteroatoms. The third-order valence-corrected chi connectivity index (χ3v) is 4.62. The van der Waals surface area contributed by atoms with Crippen LogP contribution in [0.3, 0.4) is 0 Å². The van der Waals surface area contributed by atoms with E-state index in [2.05, 4.69) is 11.4 Å². The second kappa shape index (κ2) is 6.86. The first-order valence-corrected chi connectivity index (χ1v) is 8.22. The van der Waals surface area contributed by atoms with Crippen LogP contribution in [0.25, 0.3) is 11.1 Å². The molecule has 1 saturated carbocycles. The number of aliphatic hydroxyl groups is 1. The van der Waals surface area contributed by atoms with Crippen LogP contribution in [-0.4, -0.2) is 23.2 Å². The number of nitrogens with one attached hydrogen (secondary N) is 1. The van der Waals surface area contributed by atoms with E-state index in [0.29, 0.717) is 11.1 Å². The minimum atomic E-state index is -0.783. The zero-order valence-corrected chi connectivity index (χ0v) is 13.5. The number of hydrogen-bond acceptors (Lipinski definition) is 3. The fraction of sp³-hybridized carbons (Fsp3) is 0.300. The molecule has 0 atom stereocenters. The molecule has 1 aliphatic rings. The maximum atomic E-state index is 12.6. The summed E-state index contributed by atoms with van der Waals surface area (Å²) in [6.07, 6.45) is 3.45. The second-order valence-electron chi connectivity index (χ2n) is 6.32. The fourth-order valence-corrected chi connectivity index (χ4v) is 3.28. The van der Waals surface area contributed by atoms with E-state index in [9.17, 15) is 15.2 Å². The molecule has 0 radical (unpaired) electrons. The Hall–Kier alpha value is -2.64. The average Bonchev–Trinajstić information content (AvgIpc) is 3.06. The number of nitriles is 1. The normalized spacial score (nSPS) is 15.7. The van der Waals surface area contributed by atoms with E-state index in [1.807, 2.05) is 24.3 Å². The Balaban J connectivity index is 1.86. The highest BCUT2D eigenvalue weighted by Crippen LogP contribution is 2.29. The van der Waals surface area contributed by atoms with Crippen molar-refractivity contribution >= 4 is 5.91 Å². The van der Waals surface area contributed by atoms with E-state index in [1.165, 1.54) is 0 Å². The number of nitrogens with zero attached hydrogens (tertiary/aromatic N) is 1. The Morgan fingerprint density at radius 1 is 1.08 bits per heavy atom. The minimum absolute atomic E-state index is 0.223. The summed E-state index contributed by atoms with van der Waals surface area (Å²) >= 11 is 0. The molecule has 2 aromatic carbocycles. The highest BCUT2D eigenvalue weighted by Gasteiger charge is 2.31. The molecule has 1 aliphatic carbocycles. The van der Waals surface area contributed by atoms with Gasteiger partial charge in [0, 0.05) is 17.7 Å². The first-order chi connectivity index (χ1) is 11.6. The molecule has 0 saturated heterocycles. The molecule has 0 spiro atoms. The van der Waals surface area contributed by atoms with Crippen molar-refractivity contribution in [1.82, 2.24) is 5.32 Å². The third kappa shape index (κ3) is 3.32. The largest absolute Gasteiger partial charge is 0.388 e. The standard InChI is InChI=1S/C20H20N2O2/c21-13-15-7-1-2-8-16(15)17-9-3-4-10-18(17)19(23)22-14-20(24)11-5-6-12-20/h1-4,7-10,24H,5-6,11-12,14H2,(H,22,23). The Morgan fingerprint density at radius 2 is 1.71 bits per heavy atom. The quantitative estimate of drug-likeness (QED) is 0.908. The third-order valence-electron chi connectivity index (χ3n) is 4.62. The Kier molecular flexibility index (Phi) is 4.64. The molecule has 4 nitrogen and oxygen atoms in total. The lowest BCUT2D eigenvalue weighted by molar-refractivity contribution is 0.0450. The van der Waals surface area contributed by atoms with E-state index < -0.39 is 5.60 Å². The number of carbonyl (C=O) groups excluding carboxylic acids is 1. The molecule has 2 aromatic rings. The monoisotopic (exact) mass is 320 g/mol. The molecule has 1 fully saturated rings. The molecule has 0 aliphatic heterocycles. The second-order valence-corrected chi connectivity index (χ2v) is 6.32. The van der Waals surface area contributed by atoms with Crippen molar-refractivity contribution in [3.05, 3.63) is 59.7 Å². The Labute approximate surface area is 141 Å². The van der Waals surface area contributed by atoms with E-state index in [0.717, 1.165) is 36.8 Å². The smallest absolute Gasteiger partial charge is 0.252 e. The van der Waals surface area contributed by atoms with Crippen LogP contribution in [-0.2, 0) is 0 Å². The van der Waals surface area contributed by atoms with Crippen molar-refractivity contribution in [3.63, 3.8) is 0 Å². The van der Waals surface area contributed by atoms with Crippen molar-refractivity contribution < 1.29 is 9.90 Å². The van der Waals surface area contributed by atoms with E-state index in [1.54, 1.807) is 24.3 Å². The number of benzene rings is 2. The van der Waals surface area contributed by atoms with Gasteiger partial charge in [-0.2, -0.15) is 5.26 Å². The van der Waals surface area contributed by atoms with E-state index >= 15 is 0 Å². The van der Waals surface area contributed by atoms with Gasteiger partial charge < -0.3 is 10.4 Å². The molecule has 2 N–H and O–H groups in total. The first-order valence-electron chi connectivity index (χ1n) is 8.22. The lowest BCUT2D eigenvalue weighted by Crippen LogP contribution is -2.40. The van der Waals surface area contributed by atoms with Gasteiger partial charge in [-0.1, -0.05) is 49.2 Å². The summed E-state index contributed by atoms with van der Waals surface area (Å²) in [6.45, 7) is 0.264. The van der Waals surface area contributed by atoms with Gasteiger partial charge in [-0.25, -0.2) is 0 Å². The molecule has 0 heterocycles. The molecular formula is C20H20N2O2. The lowest BCUT2D eigenvalue weighted by Gasteiger charge is -2.22. The van der Waals surface area contributed by atoms with Crippen molar-refractivity contribution in [3.8, 4) is 17.2 Å². The molecule has 24 heavy (non-hydrogen) atoms. The summed E-state index contributed by atoms with van der Waals surface area (Å²) in [5.41, 5.74) is 1.74. The van der Waals surface area contributed by atoms with Gasteiger partial charge in [-0.15, -0.1) is 0 Å². The Morgan fingerprint density at radius 3 is 2.42 bits per heavy atom. The summed E-state index contributed by atoms with van der Waals surface area (Å²) in [6, 6.07) is 16.7. The molecule has 122 valence electrons. The van der Waals surface area contributed by atoms with Gasteiger partial charge in [0.15, 0.2) is 0 Å². The summed E-state index contributed by atoms with van der Waals surface area (Å²) in [4.78, 5) is 12.6. The predicted molar refractivity (Wildman–Crippen MR) is 92.3 cm³/mol. The summed E-state index contributed by atoms with van der Waals surface area (Å²) in [7, 11) is 0. The molecule has 1 amide bonds. The maximum Gasteiger partial charge on any atom is 0.252 e. The van der Waals surface area contributed by atoms with Crippen molar-refractivity contribution in [2.45, 2.75) is 31.3 Å². The fourth-order valence-electron chi connectivity index (χ4n) is 3.28. The summed E-state index contributed by atoms with van der Waals surface area (Å²) in [5.74, 6) is -0.223. The van der Waals surface area contributed by atoms with Crippen LogP contribution in [0.15, 0.2) is 48.5 Å². The molecule has 3 rings (SSSR count). The maximum absolute atomic E-state index is 12.6. The topological polar surface area (TPSA) is 73.1 Å². The van der Waals surface area contributed by atoms with Crippen LogP contribution in [0.5, 0.6) is 0 Å². The molecular weight excluding hydrogens is 300 g/mol. The van der Waals surface area contributed by atoms with Gasteiger partial charge in [-0.05, 0) is 30.5 Å². The first kappa shape index (κ1) is 16.2. The zero-order chi connectivity index (χ0) is 17.0. The molecule has 0 unspecified atom stereocenters. The summed E-state index contributed by atoms with van der Waals surface area (Å²) in [5, 5.41) is 22.6. The predicted octanol–water partition coefficient (Wildman–Crippen LogP) is 3.26. The van der Waals surface area contributed by atoms with E-state index in [4.69, 9.17) is 0 Å². The van der Waals surface area contributed by atoms with Gasteiger partial charge in [0.05, 0.1) is 17.2 Å². The van der Waals surface area contributed by atoms with Gasteiger partial charge in [-0.3, -0.25) is 4.79 Å². The van der Waals surface area contributed by atoms with Crippen LogP contribution in [0.2, 0.25) is 0 Å². The van der Waals surface area contributed by atoms with Gasteiger partial charge in [0.1, 0.15) is 0 Å². The number of carbonyl (C=O) groups is 1. The average molecular weight is 320 g/mol. The lowest BCUT2D eigenvalue weighted by atomic mass is 9.95. The summed E-state index contributed by atoms with van der Waals surface area (Å²) < 4.78 is 0. The number of rotatable bonds is 4. The molecule has 0 bridgehead atoms. The van der Waals surface area contributed by atoms with Crippen molar-refractivity contribution in [2.24, 2.45) is 0 Å². The zero-order valence-electron chi connectivity index (χ0n) is 13.5. The van der Waals surface area contributed by atoms with Crippen molar-refractivity contribution in [1.29, 1.82) is 5.26 Å². The van der Waals surface area contributed by atoms with Crippen molar-refractivity contribution in [2.75, 3.05) is 6.54 Å². The highest BCUT2D eigenvalue weighted by atomic mass is 16.3. The van der Waals surface area contributed by atoms with Gasteiger partial charge in [0.25, 0.3) is 5.91 Å². The van der Waals surface area contributed by atoms with Crippen LogP contribution in [0, 0.1) is 11.3 Å². The molecule has 0 aromatic heterocycles. The number of amides is 1. The van der Waals surface area contributed by atoms with Crippen LogP contribution >= 0.6 is 0 Å². The van der Waals surface area contributed by atoms with Gasteiger partial charge >= 0.3 is 0 Å². The van der Waals surface area contributed by atoms with Crippen LogP contribution in [0.4, 0.5) is 0 Å². The highest BCUT2D eigenvalue weighted by molar-refractivity contribution is 6.01. The Bertz CT molecular complexity index is 786. The van der Waals surface area contributed by atoms with E-state index in [-0.39, 0.29) is 12.5 Å². The van der Waals surface area contributed by atoms with Crippen LogP contribution in [0.1, 0.15) is 41.6 Å². The van der Waals surface area contributed by atoms with Crippen LogP contribution < -0.4 is 5.32 Å². The van der Waals surface area contributed by atoms with Gasteiger partial charge in [0.2, 0.25) is 0 Å².